The zero-order valence-electron chi connectivity index (χ0n) is 11.2. The molecule has 24 heavy (non-hydrogen) atoms. The summed E-state index contributed by atoms with van der Waals surface area (Å²) in [4.78, 5) is 20.9. The molecule has 2 aromatic carbocycles. The van der Waals surface area contributed by atoms with E-state index >= 15 is 0 Å². The molecular formula is C14H7Cl5F2O3. The molecule has 3 nitrogen and oxygen atoms in total. The summed E-state index contributed by atoms with van der Waals surface area (Å²) in [5.41, 5.74) is -0.754. The second-order valence-corrected chi connectivity index (χ2v) is 6.04. The van der Waals surface area contributed by atoms with E-state index in [9.17, 15) is 18.4 Å². The highest BCUT2D eigenvalue weighted by molar-refractivity contribution is 6.68. The van der Waals surface area contributed by atoms with E-state index in [0.717, 1.165) is 24.3 Å². The molecule has 0 fully saturated rings. The van der Waals surface area contributed by atoms with Gasteiger partial charge in [0.15, 0.2) is 0 Å². The van der Waals surface area contributed by atoms with Gasteiger partial charge >= 0.3 is 5.97 Å². The Kier molecular flexibility index (Phi) is 7.70. The molecule has 0 aromatic heterocycles. The van der Waals surface area contributed by atoms with E-state index in [-0.39, 0.29) is 27.1 Å². The number of rotatable bonds is 2. The third-order valence-electron chi connectivity index (χ3n) is 2.46. The van der Waals surface area contributed by atoms with Gasteiger partial charge in [0.05, 0.1) is 31.2 Å². The van der Waals surface area contributed by atoms with E-state index in [0.29, 0.717) is 0 Å². The predicted octanol–water partition coefficient (Wildman–Crippen LogP) is 6.59. The molecule has 0 aliphatic carbocycles. The van der Waals surface area contributed by atoms with Crippen molar-refractivity contribution in [3.63, 3.8) is 0 Å². The molecule has 0 aliphatic rings. The average Bonchev–Trinajstić information content (AvgIpc) is 2.46. The van der Waals surface area contributed by atoms with E-state index < -0.39 is 28.4 Å². The molecule has 0 spiro atoms. The maximum atomic E-state index is 12.8. The molecule has 2 aromatic rings. The van der Waals surface area contributed by atoms with Gasteiger partial charge in [-0.25, -0.2) is 13.6 Å². The first-order chi connectivity index (χ1) is 11.0. The molecule has 0 saturated heterocycles. The van der Waals surface area contributed by atoms with Gasteiger partial charge in [0.1, 0.15) is 11.6 Å². The molecular weight excluding hydrogens is 431 g/mol. The first-order valence-electron chi connectivity index (χ1n) is 5.76. The van der Waals surface area contributed by atoms with Crippen LogP contribution in [0.15, 0.2) is 24.3 Å². The molecule has 0 unspecified atom stereocenters. The lowest BCUT2D eigenvalue weighted by Gasteiger charge is -1.99. The normalized spacial score (nSPS) is 9.96. The summed E-state index contributed by atoms with van der Waals surface area (Å²) in [6.07, 6.45) is 0. The number of carboxylic acid groups (broad SMARTS) is 1. The maximum absolute atomic E-state index is 12.8. The number of aromatic carboxylic acids is 1. The van der Waals surface area contributed by atoms with Crippen molar-refractivity contribution in [2.24, 2.45) is 0 Å². The van der Waals surface area contributed by atoms with Crippen molar-refractivity contribution in [3.05, 3.63) is 67.1 Å². The topological polar surface area (TPSA) is 54.4 Å². The van der Waals surface area contributed by atoms with E-state index in [2.05, 4.69) is 0 Å². The van der Waals surface area contributed by atoms with Crippen LogP contribution in [-0.2, 0) is 0 Å². The molecule has 0 amide bonds. The van der Waals surface area contributed by atoms with Crippen LogP contribution in [0.5, 0.6) is 0 Å². The van der Waals surface area contributed by atoms with E-state index in [1.54, 1.807) is 0 Å². The summed E-state index contributed by atoms with van der Waals surface area (Å²) in [7, 11) is 0. The highest BCUT2D eigenvalue weighted by Crippen LogP contribution is 2.26. The number of benzene rings is 2. The molecule has 2 rings (SSSR count). The lowest BCUT2D eigenvalue weighted by molar-refractivity contribution is 0.0691. The SMILES string of the molecule is O=C(Cl)c1cc(Cl)c(Cl)cc1F.O=C(O)c1cc(Cl)c(Cl)cc1F.[HH]. The summed E-state index contributed by atoms with van der Waals surface area (Å²) >= 11 is 26.9. The fourth-order valence-electron chi connectivity index (χ4n) is 1.36. The Hall–Kier alpha value is -1.11. The third kappa shape index (κ3) is 5.46. The zero-order chi connectivity index (χ0) is 18.6. The number of halogens is 7. The lowest BCUT2D eigenvalue weighted by Crippen LogP contribution is -2.00. The Morgan fingerprint density at radius 2 is 1.12 bits per heavy atom. The van der Waals surface area contributed by atoms with Crippen LogP contribution in [0.4, 0.5) is 8.78 Å². The highest BCUT2D eigenvalue weighted by Gasteiger charge is 2.13. The van der Waals surface area contributed by atoms with Gasteiger partial charge < -0.3 is 5.11 Å². The average molecular weight is 438 g/mol. The third-order valence-corrected chi connectivity index (χ3v) is 4.11. The summed E-state index contributed by atoms with van der Waals surface area (Å²) < 4.78 is 25.6. The van der Waals surface area contributed by atoms with Crippen LogP contribution in [0.2, 0.25) is 20.1 Å². The Labute approximate surface area is 161 Å². The summed E-state index contributed by atoms with van der Waals surface area (Å²) in [5, 5.41) is 7.72. The first-order valence-corrected chi connectivity index (χ1v) is 7.65. The fraction of sp³-hybridized carbons (Fsp3) is 0. The van der Waals surface area contributed by atoms with Crippen LogP contribution < -0.4 is 0 Å². The standard InChI is InChI=1S/C7H2Cl3FO.C7H3Cl2FO2.H2/c8-4-1-3(7(10)12)6(11)2-5(4)9;8-4-1-3(7(11)12)6(10)2-5(4)9;/h1-2H;1-2H,(H,11,12);1H. The molecule has 0 radical (unpaired) electrons. The van der Waals surface area contributed by atoms with Gasteiger partial charge in [-0.15, -0.1) is 0 Å². The minimum absolute atomic E-state index is 0. The number of hydrogen-bond acceptors (Lipinski definition) is 2. The molecule has 0 atom stereocenters. The summed E-state index contributed by atoms with van der Waals surface area (Å²) in [6, 6.07) is 3.88. The molecule has 0 bridgehead atoms. The zero-order valence-corrected chi connectivity index (χ0v) is 15.0. The van der Waals surface area contributed by atoms with Crippen molar-refractivity contribution in [1.29, 1.82) is 0 Å². The van der Waals surface area contributed by atoms with Crippen LogP contribution in [0.3, 0.4) is 0 Å². The molecule has 0 heterocycles. The summed E-state index contributed by atoms with van der Waals surface area (Å²) in [5.74, 6) is -3.03. The second-order valence-electron chi connectivity index (χ2n) is 4.07. The van der Waals surface area contributed by atoms with Crippen LogP contribution in [0.25, 0.3) is 0 Å². The second kappa shape index (κ2) is 8.83. The van der Waals surface area contributed by atoms with Crippen molar-refractivity contribution in [2.75, 3.05) is 0 Å². The monoisotopic (exact) mass is 436 g/mol. The Balaban J connectivity index is 0.000000443. The Morgan fingerprint density at radius 3 is 1.50 bits per heavy atom. The molecule has 10 heteroatoms. The number of carboxylic acids is 1. The van der Waals surface area contributed by atoms with Crippen molar-refractivity contribution >= 4 is 69.2 Å². The van der Waals surface area contributed by atoms with Crippen molar-refractivity contribution in [1.82, 2.24) is 0 Å². The quantitative estimate of drug-likeness (QED) is 0.425. The Bertz CT molecular complexity index is 750. The van der Waals surface area contributed by atoms with Crippen molar-refractivity contribution < 1.29 is 24.9 Å². The van der Waals surface area contributed by atoms with Gasteiger partial charge in [-0.1, -0.05) is 46.4 Å². The van der Waals surface area contributed by atoms with Crippen LogP contribution in [-0.4, -0.2) is 16.3 Å². The smallest absolute Gasteiger partial charge is 0.338 e. The van der Waals surface area contributed by atoms with E-state index in [1.165, 1.54) is 0 Å². The van der Waals surface area contributed by atoms with E-state index in [4.69, 9.17) is 63.1 Å². The van der Waals surface area contributed by atoms with Gasteiger partial charge in [0, 0.05) is 1.43 Å². The molecule has 0 saturated carbocycles. The number of carbonyl (C=O) groups is 2. The van der Waals surface area contributed by atoms with Crippen LogP contribution >= 0.6 is 58.0 Å². The van der Waals surface area contributed by atoms with Gasteiger partial charge in [0.25, 0.3) is 5.24 Å². The molecule has 0 aliphatic heterocycles. The minimum Gasteiger partial charge on any atom is -0.478 e. The van der Waals surface area contributed by atoms with E-state index in [1.807, 2.05) is 0 Å². The number of carbonyl (C=O) groups excluding carboxylic acids is 1. The van der Waals surface area contributed by atoms with Crippen molar-refractivity contribution in [2.45, 2.75) is 0 Å². The minimum atomic E-state index is -1.37. The van der Waals surface area contributed by atoms with Crippen molar-refractivity contribution in [3.8, 4) is 0 Å². The lowest BCUT2D eigenvalue weighted by atomic mass is 10.2. The predicted molar refractivity (Wildman–Crippen MR) is 92.1 cm³/mol. The van der Waals surface area contributed by atoms with Gasteiger partial charge in [-0.05, 0) is 35.9 Å². The van der Waals surface area contributed by atoms with Gasteiger partial charge in [-0.2, -0.15) is 0 Å². The first kappa shape index (κ1) is 20.9. The summed E-state index contributed by atoms with van der Waals surface area (Å²) in [6.45, 7) is 0. The highest BCUT2D eigenvalue weighted by atomic mass is 35.5. The molecule has 130 valence electrons. The maximum Gasteiger partial charge on any atom is 0.338 e. The van der Waals surface area contributed by atoms with Gasteiger partial charge in [0.2, 0.25) is 0 Å². The van der Waals surface area contributed by atoms with Gasteiger partial charge in [-0.3, -0.25) is 4.79 Å². The van der Waals surface area contributed by atoms with Crippen LogP contribution in [0.1, 0.15) is 22.1 Å². The Morgan fingerprint density at radius 1 is 0.792 bits per heavy atom. The number of hydrogen-bond donors (Lipinski definition) is 1. The van der Waals surface area contributed by atoms with Crippen LogP contribution in [0, 0.1) is 11.6 Å². The largest absolute Gasteiger partial charge is 0.478 e. The molecule has 1 N–H and O–H groups in total. The fourth-order valence-corrected chi connectivity index (χ4v) is 2.13.